The molecule has 12 heteroatoms. The monoisotopic (exact) mass is 570 g/mol. The topological polar surface area (TPSA) is 95.0 Å². The molecule has 0 bridgehead atoms. The summed E-state index contributed by atoms with van der Waals surface area (Å²) in [6, 6.07) is 8.19. The summed E-state index contributed by atoms with van der Waals surface area (Å²) in [6.45, 7) is 3.25. The lowest BCUT2D eigenvalue weighted by Gasteiger charge is -2.34. The number of halogens is 4. The van der Waals surface area contributed by atoms with Gasteiger partial charge < -0.3 is 25.0 Å². The number of anilines is 1. The van der Waals surface area contributed by atoms with Crippen LogP contribution in [0.4, 0.5) is 19.0 Å². The Hall–Kier alpha value is -3.05. The van der Waals surface area contributed by atoms with Gasteiger partial charge in [-0.2, -0.15) is 13.2 Å². The summed E-state index contributed by atoms with van der Waals surface area (Å²) in [7, 11) is 4.57. The average Bonchev–Trinajstić information content (AvgIpc) is 2.90. The number of alkyl halides is 3. The fourth-order valence-electron chi connectivity index (χ4n) is 4.72. The van der Waals surface area contributed by atoms with Crippen molar-refractivity contribution in [1.29, 1.82) is 0 Å². The number of carbonyl (C=O) groups excluding carboxylic acids is 2. The van der Waals surface area contributed by atoms with Gasteiger partial charge in [0.1, 0.15) is 16.7 Å². The summed E-state index contributed by atoms with van der Waals surface area (Å²) in [5.41, 5.74) is -3.98. The molecule has 214 valence electrons. The summed E-state index contributed by atoms with van der Waals surface area (Å²) < 4.78 is 46.6. The maximum absolute atomic E-state index is 13.9. The highest BCUT2D eigenvalue weighted by Crippen LogP contribution is 2.40. The zero-order valence-corrected chi connectivity index (χ0v) is 23.1. The number of pyridine rings is 1. The molecule has 1 saturated heterocycles. The van der Waals surface area contributed by atoms with Crippen LogP contribution in [0.3, 0.4) is 0 Å². The van der Waals surface area contributed by atoms with Crippen LogP contribution >= 0.6 is 11.6 Å². The van der Waals surface area contributed by atoms with Crippen LogP contribution in [-0.4, -0.2) is 73.8 Å². The Morgan fingerprint density at radius 3 is 2.46 bits per heavy atom. The third-order valence-electron chi connectivity index (χ3n) is 6.98. The first-order valence-corrected chi connectivity index (χ1v) is 13.0. The summed E-state index contributed by atoms with van der Waals surface area (Å²) in [4.78, 5) is 32.7. The lowest BCUT2D eigenvalue weighted by molar-refractivity contribution is -0.257. The van der Waals surface area contributed by atoms with Crippen molar-refractivity contribution in [2.24, 2.45) is 11.8 Å². The van der Waals surface area contributed by atoms with Crippen molar-refractivity contribution in [2.45, 2.75) is 38.0 Å². The molecule has 0 saturated carbocycles. The van der Waals surface area contributed by atoms with Crippen LogP contribution in [0.1, 0.15) is 42.1 Å². The number of piperidine rings is 1. The zero-order chi connectivity index (χ0) is 29.0. The summed E-state index contributed by atoms with van der Waals surface area (Å²) in [5.74, 6) is -0.786. The fraction of sp³-hybridized carbons (Fsp3) is 0.519. The molecule has 1 aromatic carbocycles. The number of amides is 2. The molecule has 1 aromatic heterocycles. The van der Waals surface area contributed by atoms with Gasteiger partial charge in [-0.25, -0.2) is 4.98 Å². The van der Waals surface area contributed by atoms with Gasteiger partial charge in [0, 0.05) is 39.3 Å². The number of aliphatic hydroxyl groups is 1. The van der Waals surface area contributed by atoms with Crippen molar-refractivity contribution in [3.8, 4) is 5.75 Å². The fourth-order valence-corrected chi connectivity index (χ4v) is 4.95. The van der Waals surface area contributed by atoms with Crippen molar-refractivity contribution >= 4 is 29.2 Å². The number of benzene rings is 1. The number of ether oxygens (including phenoxy) is 1. The van der Waals surface area contributed by atoms with E-state index in [-0.39, 0.29) is 29.3 Å². The van der Waals surface area contributed by atoms with E-state index >= 15 is 0 Å². The van der Waals surface area contributed by atoms with Gasteiger partial charge in [-0.05, 0) is 55.4 Å². The van der Waals surface area contributed by atoms with E-state index in [1.54, 1.807) is 26.2 Å². The van der Waals surface area contributed by atoms with Crippen molar-refractivity contribution in [3.63, 3.8) is 0 Å². The number of carbonyl (C=O) groups is 2. The molecule has 1 fully saturated rings. The van der Waals surface area contributed by atoms with E-state index in [9.17, 15) is 27.9 Å². The van der Waals surface area contributed by atoms with Gasteiger partial charge in [0.25, 0.3) is 17.4 Å². The van der Waals surface area contributed by atoms with E-state index in [4.69, 9.17) is 16.3 Å². The van der Waals surface area contributed by atoms with Crippen LogP contribution in [-0.2, 0) is 10.4 Å². The van der Waals surface area contributed by atoms with E-state index in [1.807, 2.05) is 6.92 Å². The lowest BCUT2D eigenvalue weighted by atomic mass is 9.87. The normalized spacial score (nSPS) is 16.8. The number of methoxy groups -OCH3 is 1. The molecule has 0 spiro atoms. The smallest absolute Gasteiger partial charge is 0.430 e. The second kappa shape index (κ2) is 12.4. The summed E-state index contributed by atoms with van der Waals surface area (Å²) in [6.07, 6.45) is -2.88. The van der Waals surface area contributed by atoms with E-state index < -0.39 is 23.2 Å². The average molecular weight is 571 g/mol. The van der Waals surface area contributed by atoms with E-state index in [1.165, 1.54) is 24.1 Å². The number of nitrogens with one attached hydrogen (secondary N) is 1. The van der Waals surface area contributed by atoms with Crippen LogP contribution < -0.4 is 15.0 Å². The standard InChI is InChI=1S/C27H34ClF3N4O4/c1-17(16-32-25(37)26(38,27(29,30)31)19-6-5-7-20(15-19)39-4)14-18-10-12-35(13-11-18)22-9-8-21(23(28)33-22)24(36)34(2)3/h5-9,15,17-18,38H,10-14,16H2,1-4H3,(H,32,37)/t17-,26-/m1/s1. The first-order valence-electron chi connectivity index (χ1n) is 12.6. The Morgan fingerprint density at radius 1 is 1.23 bits per heavy atom. The molecule has 2 heterocycles. The molecule has 3 rings (SSSR count). The number of hydrogen-bond acceptors (Lipinski definition) is 6. The molecule has 2 aromatic rings. The van der Waals surface area contributed by atoms with Crippen molar-refractivity contribution in [1.82, 2.24) is 15.2 Å². The van der Waals surface area contributed by atoms with E-state index in [0.29, 0.717) is 36.8 Å². The Balaban J connectivity index is 1.55. The van der Waals surface area contributed by atoms with Gasteiger partial charge in [0.2, 0.25) is 0 Å². The number of rotatable bonds is 9. The SMILES string of the molecule is COc1cccc([C@@](O)(C(=O)NC[C@H](C)CC2CCN(c3ccc(C(=O)N(C)C)c(Cl)n3)CC2)C(F)(F)F)c1. The molecule has 1 aliphatic rings. The van der Waals surface area contributed by atoms with Crippen molar-refractivity contribution < 1.29 is 32.6 Å². The van der Waals surface area contributed by atoms with Crippen LogP contribution in [0, 0.1) is 11.8 Å². The van der Waals surface area contributed by atoms with Crippen LogP contribution in [0.15, 0.2) is 36.4 Å². The quantitative estimate of drug-likeness (QED) is 0.438. The van der Waals surface area contributed by atoms with Gasteiger partial charge in [0.05, 0.1) is 12.7 Å². The molecule has 1 aliphatic heterocycles. The minimum absolute atomic E-state index is 0.0140. The Morgan fingerprint density at radius 2 is 1.90 bits per heavy atom. The van der Waals surface area contributed by atoms with Crippen LogP contribution in [0.25, 0.3) is 0 Å². The highest BCUT2D eigenvalue weighted by Gasteiger charge is 2.60. The molecule has 0 aliphatic carbocycles. The maximum Gasteiger partial charge on any atom is 0.430 e. The Labute approximate surface area is 231 Å². The predicted octanol–water partition coefficient (Wildman–Crippen LogP) is 4.25. The van der Waals surface area contributed by atoms with Gasteiger partial charge in [0.15, 0.2) is 0 Å². The Bertz CT molecular complexity index is 1170. The highest BCUT2D eigenvalue weighted by molar-refractivity contribution is 6.32. The van der Waals surface area contributed by atoms with E-state index in [0.717, 1.165) is 25.0 Å². The number of nitrogens with zero attached hydrogens (tertiary/aromatic N) is 3. The molecule has 39 heavy (non-hydrogen) atoms. The molecular formula is C27H34ClF3N4O4. The molecule has 2 N–H and O–H groups in total. The first-order chi connectivity index (χ1) is 18.3. The third kappa shape index (κ3) is 6.94. The minimum Gasteiger partial charge on any atom is -0.497 e. The molecule has 2 amide bonds. The summed E-state index contributed by atoms with van der Waals surface area (Å²) in [5, 5.41) is 13.0. The molecule has 0 unspecified atom stereocenters. The second-order valence-corrected chi connectivity index (χ2v) is 10.5. The highest BCUT2D eigenvalue weighted by atomic mass is 35.5. The summed E-state index contributed by atoms with van der Waals surface area (Å²) >= 11 is 6.25. The van der Waals surface area contributed by atoms with Crippen molar-refractivity contribution in [3.05, 3.63) is 52.7 Å². The predicted molar refractivity (Wildman–Crippen MR) is 142 cm³/mol. The number of aromatic nitrogens is 1. The van der Waals surface area contributed by atoms with Crippen LogP contribution in [0.5, 0.6) is 5.75 Å². The molecule has 8 nitrogen and oxygen atoms in total. The van der Waals surface area contributed by atoms with E-state index in [2.05, 4.69) is 15.2 Å². The molecular weight excluding hydrogens is 537 g/mol. The number of hydrogen-bond donors (Lipinski definition) is 2. The largest absolute Gasteiger partial charge is 0.497 e. The molecule has 2 atom stereocenters. The van der Waals surface area contributed by atoms with Gasteiger partial charge in [-0.3, -0.25) is 9.59 Å². The lowest BCUT2D eigenvalue weighted by Crippen LogP contribution is -2.55. The van der Waals surface area contributed by atoms with Gasteiger partial charge >= 0.3 is 6.18 Å². The van der Waals surface area contributed by atoms with Crippen LogP contribution in [0.2, 0.25) is 5.15 Å². The minimum atomic E-state index is -5.23. The van der Waals surface area contributed by atoms with Gasteiger partial charge in [-0.1, -0.05) is 30.7 Å². The Kier molecular flexibility index (Phi) is 9.71. The van der Waals surface area contributed by atoms with Gasteiger partial charge in [-0.15, -0.1) is 0 Å². The third-order valence-corrected chi connectivity index (χ3v) is 7.27. The molecule has 0 radical (unpaired) electrons. The maximum atomic E-state index is 13.9. The zero-order valence-electron chi connectivity index (χ0n) is 22.4. The first kappa shape index (κ1) is 30.5. The van der Waals surface area contributed by atoms with Crippen molar-refractivity contribution in [2.75, 3.05) is 45.7 Å². The second-order valence-electron chi connectivity index (χ2n) is 10.1.